The maximum absolute atomic E-state index is 12.3. The quantitative estimate of drug-likeness (QED) is 0.523. The molecule has 0 spiro atoms. The normalized spacial score (nSPS) is 19.3. The van der Waals surface area contributed by atoms with Crippen molar-refractivity contribution in [1.82, 2.24) is 0 Å². The van der Waals surface area contributed by atoms with Crippen molar-refractivity contribution >= 4 is 19.0 Å². The van der Waals surface area contributed by atoms with Crippen molar-refractivity contribution in [1.29, 1.82) is 0 Å². The fourth-order valence-corrected chi connectivity index (χ4v) is 3.00. The van der Waals surface area contributed by atoms with Gasteiger partial charge in [0.2, 0.25) is 6.10 Å². The molecule has 18 heavy (non-hydrogen) atoms. The van der Waals surface area contributed by atoms with Gasteiger partial charge in [-0.05, 0) is 20.8 Å². The molecule has 0 aromatic carbocycles. The highest BCUT2D eigenvalue weighted by atomic mass is 31.2. The first-order valence-electron chi connectivity index (χ1n) is 5.86. The van der Waals surface area contributed by atoms with Gasteiger partial charge in [0.15, 0.2) is 5.45 Å². The van der Waals surface area contributed by atoms with E-state index in [1.54, 1.807) is 20.8 Å². The van der Waals surface area contributed by atoms with Crippen LogP contribution in [0.4, 0.5) is 0 Å². The summed E-state index contributed by atoms with van der Waals surface area (Å²) in [6, 6.07) is 0. The van der Waals surface area contributed by atoms with Gasteiger partial charge in [-0.3, -0.25) is 4.57 Å². The molecular formula is C10H18NO6P. The Morgan fingerprint density at radius 2 is 1.94 bits per heavy atom. The van der Waals surface area contributed by atoms with Gasteiger partial charge in [-0.1, -0.05) is 5.16 Å². The molecule has 0 N–H and O–H groups in total. The van der Waals surface area contributed by atoms with Gasteiger partial charge in [0, 0.05) is 0 Å². The SMILES string of the molecule is CCOC(=O)C1CC(P(=O)(OCC)OCC)=NO1. The molecule has 1 unspecified atom stereocenters. The predicted molar refractivity (Wildman–Crippen MR) is 64.4 cm³/mol. The van der Waals surface area contributed by atoms with Gasteiger partial charge in [-0.2, -0.15) is 0 Å². The summed E-state index contributed by atoms with van der Waals surface area (Å²) in [5, 5.41) is 3.63. The van der Waals surface area contributed by atoms with Crippen molar-refractivity contribution in [2.45, 2.75) is 33.3 Å². The van der Waals surface area contributed by atoms with E-state index in [4.69, 9.17) is 18.6 Å². The van der Waals surface area contributed by atoms with Crippen LogP contribution in [-0.4, -0.2) is 37.3 Å². The summed E-state index contributed by atoms with van der Waals surface area (Å²) in [5.41, 5.74) is 0.129. The zero-order valence-corrected chi connectivity index (χ0v) is 11.6. The van der Waals surface area contributed by atoms with Gasteiger partial charge in [0.1, 0.15) is 0 Å². The Kier molecular flexibility index (Phi) is 5.78. The minimum absolute atomic E-state index is 0.0656. The zero-order chi connectivity index (χ0) is 13.6. The Bertz CT molecular complexity index is 359. The van der Waals surface area contributed by atoms with Crippen molar-refractivity contribution in [2.75, 3.05) is 19.8 Å². The van der Waals surface area contributed by atoms with Crippen LogP contribution < -0.4 is 0 Å². The number of ether oxygens (including phenoxy) is 1. The van der Waals surface area contributed by atoms with E-state index in [1.807, 2.05) is 0 Å². The number of rotatable bonds is 7. The second kappa shape index (κ2) is 6.87. The van der Waals surface area contributed by atoms with Crippen LogP contribution in [0.25, 0.3) is 0 Å². The minimum Gasteiger partial charge on any atom is -0.463 e. The molecule has 7 nitrogen and oxygen atoms in total. The Balaban J connectivity index is 2.68. The lowest BCUT2D eigenvalue weighted by molar-refractivity contribution is -0.154. The van der Waals surface area contributed by atoms with Crippen LogP contribution in [0.5, 0.6) is 0 Å². The van der Waals surface area contributed by atoms with E-state index >= 15 is 0 Å². The lowest BCUT2D eigenvalue weighted by atomic mass is 10.3. The van der Waals surface area contributed by atoms with Crippen molar-refractivity contribution < 1.29 is 28.0 Å². The molecule has 0 aromatic heterocycles. The van der Waals surface area contributed by atoms with E-state index in [0.29, 0.717) is 0 Å². The Morgan fingerprint density at radius 3 is 2.44 bits per heavy atom. The number of hydrogen-bond donors (Lipinski definition) is 0. The molecule has 1 aliphatic heterocycles. The molecule has 8 heteroatoms. The molecule has 0 bridgehead atoms. The number of carbonyl (C=O) groups is 1. The van der Waals surface area contributed by atoms with Crippen molar-refractivity contribution in [2.24, 2.45) is 5.16 Å². The highest BCUT2D eigenvalue weighted by Crippen LogP contribution is 2.52. The molecule has 1 aliphatic rings. The molecule has 1 rings (SSSR count). The molecule has 0 aliphatic carbocycles. The zero-order valence-electron chi connectivity index (χ0n) is 10.7. The third-order valence-electron chi connectivity index (χ3n) is 2.12. The molecular weight excluding hydrogens is 261 g/mol. The van der Waals surface area contributed by atoms with Gasteiger partial charge in [-0.25, -0.2) is 4.79 Å². The summed E-state index contributed by atoms with van der Waals surface area (Å²) in [6.45, 7) is 5.79. The average Bonchev–Trinajstić information content (AvgIpc) is 2.80. The Hall–Kier alpha value is -0.910. The van der Waals surface area contributed by atoms with Crippen LogP contribution in [-0.2, 0) is 28.0 Å². The van der Waals surface area contributed by atoms with Crippen molar-refractivity contribution in [3.05, 3.63) is 0 Å². The molecule has 1 heterocycles. The standard InChI is InChI=1S/C10H18NO6P/c1-4-14-10(12)8-7-9(11-17-8)18(13,15-5-2)16-6-3/h8H,4-7H2,1-3H3. The Labute approximate surface area is 106 Å². The van der Waals surface area contributed by atoms with Crippen LogP contribution >= 0.6 is 7.60 Å². The van der Waals surface area contributed by atoms with E-state index < -0.39 is 19.7 Å². The number of esters is 1. The first-order valence-corrected chi connectivity index (χ1v) is 7.40. The predicted octanol–water partition coefficient (Wildman–Crippen LogP) is 1.92. The van der Waals surface area contributed by atoms with Gasteiger partial charge in [-0.15, -0.1) is 0 Å². The second-order valence-corrected chi connectivity index (χ2v) is 5.42. The first-order chi connectivity index (χ1) is 8.57. The molecule has 0 aromatic rings. The first kappa shape index (κ1) is 15.1. The van der Waals surface area contributed by atoms with Crippen LogP contribution in [0.3, 0.4) is 0 Å². The number of oxime groups is 1. The van der Waals surface area contributed by atoms with Gasteiger partial charge < -0.3 is 18.6 Å². The monoisotopic (exact) mass is 279 g/mol. The number of nitrogens with zero attached hydrogens (tertiary/aromatic N) is 1. The summed E-state index contributed by atoms with van der Waals surface area (Å²) in [7, 11) is -3.45. The number of carbonyl (C=O) groups excluding carboxylic acids is 1. The molecule has 104 valence electrons. The largest absolute Gasteiger partial charge is 0.463 e. The second-order valence-electron chi connectivity index (χ2n) is 3.39. The summed E-state index contributed by atoms with van der Waals surface area (Å²) < 4.78 is 27.4. The van der Waals surface area contributed by atoms with E-state index in [9.17, 15) is 9.36 Å². The fourth-order valence-electron chi connectivity index (χ4n) is 1.41. The smallest absolute Gasteiger partial charge is 0.378 e. The maximum atomic E-state index is 12.3. The van der Waals surface area contributed by atoms with Gasteiger partial charge >= 0.3 is 13.6 Å². The highest BCUT2D eigenvalue weighted by molar-refractivity contribution is 7.72. The summed E-state index contributed by atoms with van der Waals surface area (Å²) >= 11 is 0. The molecule has 0 saturated carbocycles. The van der Waals surface area contributed by atoms with Gasteiger partial charge in [0.05, 0.1) is 26.2 Å². The third-order valence-corrected chi connectivity index (χ3v) is 4.21. The average molecular weight is 279 g/mol. The summed E-state index contributed by atoms with van der Waals surface area (Å²) in [6.07, 6.45) is -0.801. The minimum atomic E-state index is -3.45. The van der Waals surface area contributed by atoms with Crippen LogP contribution in [0.1, 0.15) is 27.2 Å². The maximum Gasteiger partial charge on any atom is 0.378 e. The van der Waals surface area contributed by atoms with Crippen LogP contribution in [0, 0.1) is 0 Å². The highest BCUT2D eigenvalue weighted by Gasteiger charge is 2.41. The number of hydrogen-bond acceptors (Lipinski definition) is 7. The van der Waals surface area contributed by atoms with E-state index in [0.717, 1.165) is 0 Å². The topological polar surface area (TPSA) is 83.4 Å². The third kappa shape index (κ3) is 3.54. The van der Waals surface area contributed by atoms with E-state index in [1.165, 1.54) is 0 Å². The van der Waals surface area contributed by atoms with Crippen LogP contribution in [0.2, 0.25) is 0 Å². The fraction of sp³-hybridized carbons (Fsp3) is 0.800. The summed E-state index contributed by atoms with van der Waals surface area (Å²) in [4.78, 5) is 16.3. The van der Waals surface area contributed by atoms with E-state index in [2.05, 4.69) is 5.16 Å². The summed E-state index contributed by atoms with van der Waals surface area (Å²) in [5.74, 6) is -0.532. The lowest BCUT2D eigenvalue weighted by Gasteiger charge is -2.15. The molecule has 1 atom stereocenters. The van der Waals surface area contributed by atoms with Crippen molar-refractivity contribution in [3.8, 4) is 0 Å². The van der Waals surface area contributed by atoms with Crippen molar-refractivity contribution in [3.63, 3.8) is 0 Å². The molecule has 0 radical (unpaired) electrons. The Morgan fingerprint density at radius 1 is 1.33 bits per heavy atom. The lowest BCUT2D eigenvalue weighted by Crippen LogP contribution is -2.23. The molecule has 0 amide bonds. The van der Waals surface area contributed by atoms with E-state index in [-0.39, 0.29) is 31.7 Å². The van der Waals surface area contributed by atoms with Gasteiger partial charge in [0.25, 0.3) is 0 Å². The van der Waals surface area contributed by atoms with Crippen LogP contribution in [0.15, 0.2) is 5.16 Å². The molecule has 0 fully saturated rings. The molecule has 0 saturated heterocycles.